The molecule has 0 amide bonds. The predicted molar refractivity (Wildman–Crippen MR) is 128 cm³/mol. The molecular formula is C20H31N5O6S2. The summed E-state index contributed by atoms with van der Waals surface area (Å²) in [5.74, 6) is 6.18. The zero-order chi connectivity index (χ0) is 24.1. The van der Waals surface area contributed by atoms with E-state index in [-0.39, 0.29) is 6.54 Å². The first-order valence-electron chi connectivity index (χ1n) is 10.3. The Labute approximate surface area is 201 Å². The van der Waals surface area contributed by atoms with Gasteiger partial charge in [-0.3, -0.25) is 15.1 Å². The van der Waals surface area contributed by atoms with Gasteiger partial charge in [0.1, 0.15) is 23.0 Å². The lowest BCUT2D eigenvalue weighted by molar-refractivity contribution is -0.463. The largest absolute Gasteiger partial charge is 0.464 e. The molecule has 33 heavy (non-hydrogen) atoms. The average Bonchev–Trinajstić information content (AvgIpc) is 3.35. The van der Waals surface area contributed by atoms with Crippen LogP contribution in [0.1, 0.15) is 23.0 Å². The van der Waals surface area contributed by atoms with Crippen molar-refractivity contribution in [2.24, 2.45) is 4.99 Å². The van der Waals surface area contributed by atoms with Crippen LogP contribution in [0.4, 0.5) is 0 Å². The molecule has 2 aromatic heterocycles. The molecule has 0 aliphatic carbocycles. The van der Waals surface area contributed by atoms with Crippen molar-refractivity contribution in [3.63, 3.8) is 0 Å². The normalized spacial score (nSPS) is 12.1. The highest BCUT2D eigenvalue weighted by molar-refractivity contribution is 7.98. The second-order valence-electron chi connectivity index (χ2n) is 7.22. The highest BCUT2D eigenvalue weighted by Gasteiger charge is 2.08. The minimum absolute atomic E-state index is 0.326. The van der Waals surface area contributed by atoms with Crippen LogP contribution < -0.4 is 5.32 Å². The van der Waals surface area contributed by atoms with Crippen molar-refractivity contribution in [3.05, 3.63) is 57.4 Å². The SMILES string of the molecule is CN(O)Cc1ccc(CSCCN=C(C[N+](=O)[O-])NCCSCc2ccc(CN(C)O)o2)o1. The Bertz CT molecular complexity index is 871. The molecule has 0 unspecified atom stereocenters. The number of aliphatic imine (C=N–C) groups is 1. The lowest BCUT2D eigenvalue weighted by Crippen LogP contribution is -2.32. The molecule has 0 aliphatic rings. The van der Waals surface area contributed by atoms with Gasteiger partial charge in [0.15, 0.2) is 5.84 Å². The van der Waals surface area contributed by atoms with E-state index in [4.69, 9.17) is 8.83 Å². The van der Waals surface area contributed by atoms with E-state index in [1.165, 1.54) is 0 Å². The minimum atomic E-state index is -0.392. The molecule has 0 radical (unpaired) electrons. The number of hydrogen-bond donors (Lipinski definition) is 3. The lowest BCUT2D eigenvalue weighted by Gasteiger charge is -2.07. The Hall–Kier alpha value is -2.03. The Morgan fingerprint density at radius 2 is 1.52 bits per heavy atom. The van der Waals surface area contributed by atoms with Gasteiger partial charge >= 0.3 is 0 Å². The third-order valence-corrected chi connectivity index (χ3v) is 6.03. The summed E-state index contributed by atoms with van der Waals surface area (Å²) in [6, 6.07) is 7.42. The smallest absolute Gasteiger partial charge is 0.259 e. The number of thioether (sulfide) groups is 2. The van der Waals surface area contributed by atoms with Gasteiger partial charge in [-0.2, -0.15) is 33.7 Å². The van der Waals surface area contributed by atoms with Crippen molar-refractivity contribution in [2.75, 3.05) is 45.2 Å². The van der Waals surface area contributed by atoms with Crippen molar-refractivity contribution < 1.29 is 24.2 Å². The minimum Gasteiger partial charge on any atom is -0.464 e. The Balaban J connectivity index is 1.64. The molecular weight excluding hydrogens is 470 g/mol. The fraction of sp³-hybridized carbons (Fsp3) is 0.550. The van der Waals surface area contributed by atoms with Gasteiger partial charge in [0.25, 0.3) is 6.54 Å². The van der Waals surface area contributed by atoms with E-state index < -0.39 is 4.92 Å². The molecule has 3 N–H and O–H groups in total. The van der Waals surface area contributed by atoms with E-state index in [9.17, 15) is 20.5 Å². The molecule has 11 nitrogen and oxygen atoms in total. The Morgan fingerprint density at radius 1 is 1.00 bits per heavy atom. The molecule has 13 heteroatoms. The maximum atomic E-state index is 10.9. The summed E-state index contributed by atoms with van der Waals surface area (Å²) < 4.78 is 11.2. The van der Waals surface area contributed by atoms with Gasteiger partial charge in [-0.15, -0.1) is 0 Å². The second kappa shape index (κ2) is 15.0. The molecule has 0 atom stereocenters. The number of hydrogen-bond acceptors (Lipinski definition) is 11. The van der Waals surface area contributed by atoms with E-state index in [0.717, 1.165) is 27.4 Å². The maximum Gasteiger partial charge on any atom is 0.259 e. The van der Waals surface area contributed by atoms with Crippen molar-refractivity contribution >= 4 is 29.4 Å². The Morgan fingerprint density at radius 3 is 2.03 bits per heavy atom. The number of nitrogens with one attached hydrogen (secondary N) is 1. The number of furan rings is 2. The summed E-state index contributed by atoms with van der Waals surface area (Å²) in [7, 11) is 3.11. The third kappa shape index (κ3) is 12.1. The van der Waals surface area contributed by atoms with Crippen LogP contribution in [0.3, 0.4) is 0 Å². The first-order valence-corrected chi connectivity index (χ1v) is 12.6. The number of rotatable bonds is 16. The molecule has 0 bridgehead atoms. The Kier molecular flexibility index (Phi) is 12.4. The van der Waals surface area contributed by atoms with Crippen LogP contribution in [0.5, 0.6) is 0 Å². The van der Waals surface area contributed by atoms with Gasteiger partial charge in [-0.05, 0) is 24.3 Å². The first kappa shape index (κ1) is 27.2. The summed E-state index contributed by atoms with van der Waals surface area (Å²) in [6.45, 7) is 1.35. The molecule has 0 spiro atoms. The average molecular weight is 502 g/mol. The predicted octanol–water partition coefficient (Wildman–Crippen LogP) is 2.95. The van der Waals surface area contributed by atoms with Gasteiger partial charge < -0.3 is 24.6 Å². The van der Waals surface area contributed by atoms with Crippen molar-refractivity contribution in [3.8, 4) is 0 Å². The molecule has 0 aliphatic heterocycles. The van der Waals surface area contributed by atoms with E-state index >= 15 is 0 Å². The third-order valence-electron chi connectivity index (χ3n) is 4.09. The van der Waals surface area contributed by atoms with E-state index in [2.05, 4.69) is 10.3 Å². The van der Waals surface area contributed by atoms with Crippen molar-refractivity contribution in [1.82, 2.24) is 15.4 Å². The molecule has 0 fully saturated rings. The molecule has 0 saturated carbocycles. The molecule has 2 heterocycles. The monoisotopic (exact) mass is 501 g/mol. The molecule has 0 saturated heterocycles. The van der Waals surface area contributed by atoms with E-state index in [0.29, 0.717) is 60.8 Å². The summed E-state index contributed by atoms with van der Waals surface area (Å²) in [6.07, 6.45) is 0. The van der Waals surface area contributed by atoms with Crippen LogP contribution in [-0.4, -0.2) is 76.5 Å². The number of nitrogens with zero attached hydrogens (tertiary/aromatic N) is 4. The fourth-order valence-corrected chi connectivity index (χ4v) is 4.23. The molecule has 184 valence electrons. The molecule has 2 aromatic rings. The fourth-order valence-electron chi connectivity index (χ4n) is 2.76. The van der Waals surface area contributed by atoms with Crippen LogP contribution in [0.25, 0.3) is 0 Å². The van der Waals surface area contributed by atoms with Crippen LogP contribution in [0, 0.1) is 10.1 Å². The highest BCUT2D eigenvalue weighted by Crippen LogP contribution is 2.17. The van der Waals surface area contributed by atoms with Gasteiger partial charge in [-0.25, -0.2) is 0 Å². The summed E-state index contributed by atoms with van der Waals surface area (Å²) in [5.41, 5.74) is 0. The van der Waals surface area contributed by atoms with E-state index in [1.807, 2.05) is 24.3 Å². The zero-order valence-corrected chi connectivity index (χ0v) is 20.4. The summed E-state index contributed by atoms with van der Waals surface area (Å²) >= 11 is 3.27. The standard InChI is InChI=1S/C20H31N5O6S2/c1-23(26)11-16-3-5-18(30-16)14-32-9-7-21-20(13-25(28)29)22-8-10-33-15-19-6-4-17(31-19)12-24(2)27/h3-6,26-27H,7-15H2,1-2H3,(H,21,22). The van der Waals surface area contributed by atoms with E-state index in [1.54, 1.807) is 37.6 Å². The number of nitro groups is 1. The molecule has 0 aromatic carbocycles. The van der Waals surface area contributed by atoms with Gasteiger partial charge in [-0.1, -0.05) is 0 Å². The quantitative estimate of drug-likeness (QED) is 0.103. The van der Waals surface area contributed by atoms with Gasteiger partial charge in [0.05, 0.1) is 31.1 Å². The lowest BCUT2D eigenvalue weighted by atomic mass is 10.4. The first-order chi connectivity index (χ1) is 15.8. The van der Waals surface area contributed by atoms with Crippen LogP contribution >= 0.6 is 23.5 Å². The van der Waals surface area contributed by atoms with Gasteiger partial charge in [0, 0.05) is 37.1 Å². The van der Waals surface area contributed by atoms with Crippen LogP contribution in [0.2, 0.25) is 0 Å². The topological polar surface area (TPSA) is 141 Å². The zero-order valence-electron chi connectivity index (χ0n) is 18.8. The summed E-state index contributed by atoms with van der Waals surface area (Å²) in [4.78, 5) is 14.9. The van der Waals surface area contributed by atoms with Crippen molar-refractivity contribution in [2.45, 2.75) is 24.6 Å². The maximum absolute atomic E-state index is 10.9. The van der Waals surface area contributed by atoms with Crippen LogP contribution in [0.15, 0.2) is 38.1 Å². The second-order valence-corrected chi connectivity index (χ2v) is 9.43. The highest BCUT2D eigenvalue weighted by atomic mass is 32.2. The molecule has 2 rings (SSSR count). The van der Waals surface area contributed by atoms with Crippen molar-refractivity contribution in [1.29, 1.82) is 0 Å². The number of amidine groups is 1. The van der Waals surface area contributed by atoms with Crippen LogP contribution in [-0.2, 0) is 24.6 Å². The summed E-state index contributed by atoms with van der Waals surface area (Å²) in [5, 5.41) is 34.6. The number of hydroxylamine groups is 4. The van der Waals surface area contributed by atoms with Gasteiger partial charge in [0.2, 0.25) is 0 Å².